The average Bonchev–Trinajstić information content (AvgIpc) is 3.27. The maximum atomic E-state index is 12.9. The molecule has 9 heteroatoms. The maximum Gasteiger partial charge on any atom is 0.272 e. The topological polar surface area (TPSA) is 69.3 Å². The summed E-state index contributed by atoms with van der Waals surface area (Å²) in [6, 6.07) is 9.77. The SMILES string of the molecule is C=C[C@@]1(NC(=O)C(Cl)(Cl)Cl)[C@@H]([C@H]2COC(C)(C)O2)C[C@]2(C)O[C@@H]2[C@H]1OCc1ccccc1. The number of alkyl halides is 3. The number of carbonyl (C=O) groups is 1. The van der Waals surface area contributed by atoms with Gasteiger partial charge in [0.05, 0.1) is 30.5 Å². The minimum absolute atomic E-state index is 0.258. The van der Waals surface area contributed by atoms with Crippen LogP contribution in [0, 0.1) is 5.92 Å². The standard InChI is InChI=1S/C23H28Cl3NO5/c1-5-22(27-19(28)23(24,25)26)15(16-13-30-20(2,3)31-16)11-21(4)17(32-21)18(22)29-12-14-9-7-6-8-10-14/h5-10,15-18H,1,11-13H2,2-4H3,(H,27,28)/t15-,16-,17-,18-,21+,22-/m1/s1. The van der Waals surface area contributed by atoms with Crippen molar-refractivity contribution in [1.82, 2.24) is 5.32 Å². The number of rotatable bonds is 6. The predicted molar refractivity (Wildman–Crippen MR) is 123 cm³/mol. The molecule has 3 fully saturated rings. The molecule has 0 unspecified atom stereocenters. The van der Waals surface area contributed by atoms with Crippen LogP contribution >= 0.6 is 34.8 Å². The average molecular weight is 505 g/mol. The van der Waals surface area contributed by atoms with Gasteiger partial charge in [-0.3, -0.25) is 4.79 Å². The number of epoxide rings is 1. The predicted octanol–water partition coefficient (Wildman–Crippen LogP) is 4.31. The molecule has 1 aliphatic carbocycles. The van der Waals surface area contributed by atoms with Crippen LogP contribution in [0.25, 0.3) is 0 Å². The van der Waals surface area contributed by atoms with Crippen molar-refractivity contribution >= 4 is 40.7 Å². The second kappa shape index (κ2) is 8.42. The highest BCUT2D eigenvalue weighted by molar-refractivity contribution is 6.76. The number of ether oxygens (including phenoxy) is 4. The summed E-state index contributed by atoms with van der Waals surface area (Å²) in [6.45, 7) is 10.5. The van der Waals surface area contributed by atoms with Gasteiger partial charge in [-0.2, -0.15) is 0 Å². The number of hydrogen-bond donors (Lipinski definition) is 1. The molecule has 1 N–H and O–H groups in total. The Bertz CT molecular complexity index is 876. The molecule has 0 radical (unpaired) electrons. The Hall–Kier alpha value is -0.860. The van der Waals surface area contributed by atoms with Crippen molar-refractivity contribution in [2.45, 2.75) is 72.8 Å². The number of hydrogen-bond acceptors (Lipinski definition) is 5. The third kappa shape index (κ3) is 4.56. The van der Waals surface area contributed by atoms with Gasteiger partial charge in [0.15, 0.2) is 5.79 Å². The van der Waals surface area contributed by atoms with Crippen LogP contribution in [0.2, 0.25) is 0 Å². The van der Waals surface area contributed by atoms with Crippen molar-refractivity contribution in [2.75, 3.05) is 6.61 Å². The smallest absolute Gasteiger partial charge is 0.272 e. The first-order chi connectivity index (χ1) is 14.9. The van der Waals surface area contributed by atoms with Crippen LogP contribution in [0.3, 0.4) is 0 Å². The van der Waals surface area contributed by atoms with Gasteiger partial charge in [-0.05, 0) is 32.8 Å². The molecule has 0 spiro atoms. The fourth-order valence-electron chi connectivity index (χ4n) is 4.96. The van der Waals surface area contributed by atoms with Gasteiger partial charge in [-0.15, -0.1) is 6.58 Å². The lowest BCUT2D eigenvalue weighted by Crippen LogP contribution is -2.69. The summed E-state index contributed by atoms with van der Waals surface area (Å²) >= 11 is 17.8. The number of nitrogens with one attached hydrogen (secondary N) is 1. The van der Waals surface area contributed by atoms with E-state index >= 15 is 0 Å². The van der Waals surface area contributed by atoms with E-state index in [1.807, 2.05) is 51.1 Å². The molecule has 2 aliphatic heterocycles. The van der Waals surface area contributed by atoms with Gasteiger partial charge in [-0.1, -0.05) is 71.2 Å². The highest BCUT2D eigenvalue weighted by atomic mass is 35.6. The fourth-order valence-corrected chi connectivity index (χ4v) is 5.10. The Labute approximate surface area is 203 Å². The largest absolute Gasteiger partial charge is 0.368 e. The molecule has 32 heavy (non-hydrogen) atoms. The number of carbonyl (C=O) groups excluding carboxylic acids is 1. The summed E-state index contributed by atoms with van der Waals surface area (Å²) in [7, 11) is 0. The van der Waals surface area contributed by atoms with Gasteiger partial charge in [0, 0.05) is 5.92 Å². The summed E-state index contributed by atoms with van der Waals surface area (Å²) in [6.07, 6.45) is 1.08. The minimum Gasteiger partial charge on any atom is -0.368 e. The normalized spacial score (nSPS) is 38.1. The molecular formula is C23H28Cl3NO5. The van der Waals surface area contributed by atoms with Crippen molar-refractivity contribution in [3.05, 3.63) is 48.6 Å². The Balaban J connectivity index is 1.70. The summed E-state index contributed by atoms with van der Waals surface area (Å²) in [4.78, 5) is 12.9. The monoisotopic (exact) mass is 503 g/mol. The molecule has 1 aromatic carbocycles. The number of benzene rings is 1. The molecule has 6 nitrogen and oxygen atoms in total. The van der Waals surface area contributed by atoms with Crippen molar-refractivity contribution < 1.29 is 23.7 Å². The molecular weight excluding hydrogens is 477 g/mol. The van der Waals surface area contributed by atoms with E-state index in [1.165, 1.54) is 0 Å². The van der Waals surface area contributed by atoms with E-state index < -0.39 is 32.7 Å². The van der Waals surface area contributed by atoms with Gasteiger partial charge in [0.1, 0.15) is 12.2 Å². The molecule has 1 saturated carbocycles. The van der Waals surface area contributed by atoms with Crippen LogP contribution < -0.4 is 5.32 Å². The summed E-state index contributed by atoms with van der Waals surface area (Å²) in [5, 5.41) is 2.94. The van der Waals surface area contributed by atoms with E-state index in [4.69, 9.17) is 53.8 Å². The van der Waals surface area contributed by atoms with Gasteiger partial charge >= 0.3 is 0 Å². The zero-order valence-corrected chi connectivity index (χ0v) is 20.5. The van der Waals surface area contributed by atoms with E-state index in [0.717, 1.165) is 5.56 Å². The molecule has 176 valence electrons. The lowest BCUT2D eigenvalue weighted by molar-refractivity contribution is -0.158. The molecule has 1 aromatic rings. The zero-order valence-electron chi connectivity index (χ0n) is 18.3. The van der Waals surface area contributed by atoms with Crippen molar-refractivity contribution in [1.29, 1.82) is 0 Å². The van der Waals surface area contributed by atoms with E-state index in [0.29, 0.717) is 19.6 Å². The van der Waals surface area contributed by atoms with Gasteiger partial charge in [0.2, 0.25) is 0 Å². The first-order valence-electron chi connectivity index (χ1n) is 10.6. The van der Waals surface area contributed by atoms with Crippen LogP contribution in [-0.2, 0) is 30.3 Å². The quantitative estimate of drug-likeness (QED) is 0.355. The zero-order chi connectivity index (χ0) is 23.4. The highest BCUT2D eigenvalue weighted by Gasteiger charge is 2.71. The first kappa shape index (κ1) is 24.3. The van der Waals surface area contributed by atoms with Gasteiger partial charge < -0.3 is 24.3 Å². The van der Waals surface area contributed by atoms with E-state index in [2.05, 4.69) is 11.9 Å². The number of amides is 1. The summed E-state index contributed by atoms with van der Waals surface area (Å²) in [5.41, 5.74) is -0.534. The fraction of sp³-hybridized carbons (Fsp3) is 0.609. The lowest BCUT2D eigenvalue weighted by Gasteiger charge is -2.49. The Morgan fingerprint density at radius 3 is 2.50 bits per heavy atom. The second-order valence-corrected chi connectivity index (χ2v) is 11.6. The molecule has 0 aromatic heterocycles. The summed E-state index contributed by atoms with van der Waals surface area (Å²) < 4.78 is 22.4. The van der Waals surface area contributed by atoms with Crippen molar-refractivity contribution in [3.8, 4) is 0 Å². The maximum absolute atomic E-state index is 12.9. The van der Waals surface area contributed by atoms with Crippen LogP contribution in [0.15, 0.2) is 43.0 Å². The van der Waals surface area contributed by atoms with Crippen LogP contribution in [-0.4, -0.2) is 51.5 Å². The number of halogens is 3. The molecule has 1 amide bonds. The molecule has 2 heterocycles. The van der Waals surface area contributed by atoms with Crippen LogP contribution in [0.1, 0.15) is 32.8 Å². The molecule has 3 aliphatic rings. The first-order valence-corrected chi connectivity index (χ1v) is 11.7. The van der Waals surface area contributed by atoms with Crippen LogP contribution in [0.5, 0.6) is 0 Å². The third-order valence-electron chi connectivity index (χ3n) is 6.60. The minimum atomic E-state index is -2.15. The molecule has 4 rings (SSSR count). The molecule has 0 bridgehead atoms. The summed E-state index contributed by atoms with van der Waals surface area (Å²) in [5.74, 6) is -1.80. The second-order valence-electron chi connectivity index (χ2n) is 9.34. The van der Waals surface area contributed by atoms with Gasteiger partial charge in [0.25, 0.3) is 9.70 Å². The third-order valence-corrected chi connectivity index (χ3v) is 7.12. The van der Waals surface area contributed by atoms with Crippen molar-refractivity contribution in [3.63, 3.8) is 0 Å². The Kier molecular flexibility index (Phi) is 6.38. The van der Waals surface area contributed by atoms with Gasteiger partial charge in [-0.25, -0.2) is 0 Å². The Morgan fingerprint density at radius 2 is 1.94 bits per heavy atom. The van der Waals surface area contributed by atoms with E-state index in [9.17, 15) is 4.79 Å². The van der Waals surface area contributed by atoms with E-state index in [-0.39, 0.29) is 18.1 Å². The molecule has 2 saturated heterocycles. The Morgan fingerprint density at radius 1 is 1.25 bits per heavy atom. The number of fused-ring (bicyclic) bond motifs is 1. The molecule has 6 atom stereocenters. The highest BCUT2D eigenvalue weighted by Crippen LogP contribution is 2.57. The lowest BCUT2D eigenvalue weighted by atomic mass is 9.65. The van der Waals surface area contributed by atoms with Crippen LogP contribution in [0.4, 0.5) is 0 Å². The van der Waals surface area contributed by atoms with E-state index in [1.54, 1.807) is 6.08 Å². The van der Waals surface area contributed by atoms with Crippen molar-refractivity contribution in [2.24, 2.45) is 5.92 Å².